The van der Waals surface area contributed by atoms with Crippen LogP contribution in [-0.2, 0) is 24.3 Å². The van der Waals surface area contributed by atoms with E-state index in [1.54, 1.807) is 25.3 Å². The maximum absolute atomic E-state index is 12.8. The Hall–Kier alpha value is -2.83. The number of amides is 1. The zero-order valence-corrected chi connectivity index (χ0v) is 17.7. The molecule has 0 spiro atoms. The Balaban J connectivity index is 0.00000300. The van der Waals surface area contributed by atoms with Crippen molar-refractivity contribution in [2.24, 2.45) is 5.73 Å². The van der Waals surface area contributed by atoms with Gasteiger partial charge in [-0.1, -0.05) is 30.3 Å². The first-order valence-electron chi connectivity index (χ1n) is 9.07. The van der Waals surface area contributed by atoms with Crippen molar-refractivity contribution in [1.82, 2.24) is 9.88 Å². The third-order valence-electron chi connectivity index (χ3n) is 4.78. The molecule has 7 heteroatoms. The summed E-state index contributed by atoms with van der Waals surface area (Å²) in [4.78, 5) is 19.0. The molecular weight excluding hydrogens is 390 g/mol. The standard InChI is InChI=1S/C22H25N3O3.ClH/c1-25(14-15-7-5-4-6-8-15)22(26)9-16-13-24-19(12-23)18-11-21(28-3)20(27-2)10-17(16)18;/h4-8,10-11,13H,9,12,14,23H2,1-3H3;1H. The molecule has 1 heterocycles. The van der Waals surface area contributed by atoms with Gasteiger partial charge in [-0.2, -0.15) is 0 Å². The number of ether oxygens (including phenoxy) is 2. The van der Waals surface area contributed by atoms with Crippen LogP contribution in [0.15, 0.2) is 48.7 Å². The van der Waals surface area contributed by atoms with Crippen LogP contribution in [0.3, 0.4) is 0 Å². The molecule has 0 saturated heterocycles. The van der Waals surface area contributed by atoms with Crippen molar-refractivity contribution in [1.29, 1.82) is 0 Å². The summed E-state index contributed by atoms with van der Waals surface area (Å²) in [6.07, 6.45) is 1.97. The molecule has 1 aromatic heterocycles. The topological polar surface area (TPSA) is 77.7 Å². The maximum atomic E-state index is 12.8. The largest absolute Gasteiger partial charge is 0.493 e. The first-order chi connectivity index (χ1) is 13.6. The lowest BCUT2D eigenvalue weighted by Crippen LogP contribution is -2.27. The van der Waals surface area contributed by atoms with Crippen LogP contribution >= 0.6 is 12.4 Å². The summed E-state index contributed by atoms with van der Waals surface area (Å²) in [6.45, 7) is 0.858. The normalized spacial score (nSPS) is 10.3. The van der Waals surface area contributed by atoms with Gasteiger partial charge in [-0.05, 0) is 28.6 Å². The Bertz CT molecular complexity index is 980. The molecule has 0 aliphatic rings. The fourth-order valence-corrected chi connectivity index (χ4v) is 3.23. The van der Waals surface area contributed by atoms with Crippen LogP contribution in [-0.4, -0.2) is 37.1 Å². The molecule has 0 atom stereocenters. The van der Waals surface area contributed by atoms with Gasteiger partial charge in [0.15, 0.2) is 11.5 Å². The van der Waals surface area contributed by atoms with Crippen LogP contribution < -0.4 is 15.2 Å². The number of likely N-dealkylation sites (N-methyl/N-ethyl adjacent to an activating group) is 1. The highest BCUT2D eigenvalue weighted by Crippen LogP contribution is 2.34. The number of hydrogen-bond acceptors (Lipinski definition) is 5. The van der Waals surface area contributed by atoms with Crippen molar-refractivity contribution in [3.05, 3.63) is 65.5 Å². The Kier molecular flexibility index (Phi) is 7.82. The lowest BCUT2D eigenvalue weighted by molar-refractivity contribution is -0.129. The van der Waals surface area contributed by atoms with E-state index in [1.807, 2.05) is 49.5 Å². The zero-order chi connectivity index (χ0) is 20.1. The minimum Gasteiger partial charge on any atom is -0.493 e. The smallest absolute Gasteiger partial charge is 0.227 e. The average Bonchev–Trinajstić information content (AvgIpc) is 2.73. The van der Waals surface area contributed by atoms with E-state index in [0.717, 1.165) is 27.6 Å². The SMILES string of the molecule is COc1cc2c(CC(=O)N(C)Cc3ccccc3)cnc(CN)c2cc1OC.Cl. The molecule has 0 unspecified atom stereocenters. The number of benzene rings is 2. The van der Waals surface area contributed by atoms with Gasteiger partial charge < -0.3 is 20.1 Å². The molecular formula is C22H26ClN3O3. The average molecular weight is 416 g/mol. The van der Waals surface area contributed by atoms with Gasteiger partial charge in [0.1, 0.15) is 0 Å². The molecule has 2 aromatic carbocycles. The number of methoxy groups -OCH3 is 2. The highest BCUT2D eigenvalue weighted by Gasteiger charge is 2.16. The molecule has 29 heavy (non-hydrogen) atoms. The Morgan fingerprint density at radius 1 is 1.07 bits per heavy atom. The molecule has 154 valence electrons. The monoisotopic (exact) mass is 415 g/mol. The lowest BCUT2D eigenvalue weighted by atomic mass is 10.0. The molecule has 0 fully saturated rings. The Morgan fingerprint density at radius 2 is 1.69 bits per heavy atom. The molecule has 3 rings (SSSR count). The molecule has 0 aliphatic carbocycles. The van der Waals surface area contributed by atoms with Crippen molar-refractivity contribution >= 4 is 29.1 Å². The van der Waals surface area contributed by atoms with Crippen LogP contribution in [0.5, 0.6) is 11.5 Å². The van der Waals surface area contributed by atoms with Gasteiger partial charge in [0.05, 0.1) is 26.3 Å². The van der Waals surface area contributed by atoms with Crippen LogP contribution in [0.25, 0.3) is 10.8 Å². The number of pyridine rings is 1. The molecule has 3 aromatic rings. The molecule has 0 radical (unpaired) electrons. The summed E-state index contributed by atoms with van der Waals surface area (Å²) < 4.78 is 10.8. The van der Waals surface area contributed by atoms with Gasteiger partial charge in [-0.3, -0.25) is 9.78 Å². The van der Waals surface area contributed by atoms with E-state index in [-0.39, 0.29) is 24.7 Å². The number of nitrogens with zero attached hydrogens (tertiary/aromatic N) is 2. The number of aromatic nitrogens is 1. The van der Waals surface area contributed by atoms with Crippen molar-refractivity contribution in [2.45, 2.75) is 19.5 Å². The molecule has 6 nitrogen and oxygen atoms in total. The maximum Gasteiger partial charge on any atom is 0.227 e. The number of nitrogens with two attached hydrogens (primary N) is 1. The van der Waals surface area contributed by atoms with Crippen molar-refractivity contribution in [2.75, 3.05) is 21.3 Å². The quantitative estimate of drug-likeness (QED) is 0.640. The zero-order valence-electron chi connectivity index (χ0n) is 16.8. The van der Waals surface area contributed by atoms with E-state index in [9.17, 15) is 4.79 Å². The Morgan fingerprint density at radius 3 is 2.28 bits per heavy atom. The molecule has 1 amide bonds. The van der Waals surface area contributed by atoms with Gasteiger partial charge in [0, 0.05) is 31.7 Å². The number of rotatable bonds is 7. The fraction of sp³-hybridized carbons (Fsp3) is 0.273. The lowest BCUT2D eigenvalue weighted by Gasteiger charge is -2.19. The summed E-state index contributed by atoms with van der Waals surface area (Å²) in [5, 5.41) is 1.77. The number of carbonyl (C=O) groups excluding carboxylic acids is 1. The highest BCUT2D eigenvalue weighted by molar-refractivity contribution is 5.93. The molecule has 2 N–H and O–H groups in total. The molecule has 0 bridgehead atoms. The third-order valence-corrected chi connectivity index (χ3v) is 4.78. The van der Waals surface area contributed by atoms with E-state index >= 15 is 0 Å². The minimum absolute atomic E-state index is 0. The molecule has 0 aliphatic heterocycles. The molecule has 0 saturated carbocycles. The first kappa shape index (κ1) is 22.5. The summed E-state index contributed by atoms with van der Waals surface area (Å²) >= 11 is 0. The minimum atomic E-state index is 0. The summed E-state index contributed by atoms with van der Waals surface area (Å²) in [7, 11) is 4.99. The van der Waals surface area contributed by atoms with E-state index < -0.39 is 0 Å². The predicted octanol–water partition coefficient (Wildman–Crippen LogP) is 3.33. The first-order valence-corrected chi connectivity index (χ1v) is 9.07. The predicted molar refractivity (Wildman–Crippen MR) is 117 cm³/mol. The van der Waals surface area contributed by atoms with Gasteiger partial charge >= 0.3 is 0 Å². The van der Waals surface area contributed by atoms with E-state index in [1.165, 1.54) is 0 Å². The number of halogens is 1. The Labute approximate surface area is 177 Å². The van der Waals surface area contributed by atoms with Gasteiger partial charge in [0.25, 0.3) is 0 Å². The summed E-state index contributed by atoms with van der Waals surface area (Å²) in [5.41, 5.74) is 8.53. The van der Waals surface area contributed by atoms with Gasteiger partial charge in [-0.25, -0.2) is 0 Å². The van der Waals surface area contributed by atoms with Gasteiger partial charge in [0.2, 0.25) is 5.91 Å². The van der Waals surface area contributed by atoms with Crippen LogP contribution in [0, 0.1) is 0 Å². The number of fused-ring (bicyclic) bond motifs is 1. The van der Waals surface area contributed by atoms with Crippen LogP contribution in [0.1, 0.15) is 16.8 Å². The second-order valence-corrected chi connectivity index (χ2v) is 6.60. The van der Waals surface area contributed by atoms with Crippen molar-refractivity contribution < 1.29 is 14.3 Å². The van der Waals surface area contributed by atoms with Crippen molar-refractivity contribution in [3.8, 4) is 11.5 Å². The van der Waals surface area contributed by atoms with E-state index in [0.29, 0.717) is 24.6 Å². The van der Waals surface area contributed by atoms with E-state index in [2.05, 4.69) is 4.98 Å². The van der Waals surface area contributed by atoms with Crippen molar-refractivity contribution in [3.63, 3.8) is 0 Å². The third kappa shape index (κ3) is 4.96. The van der Waals surface area contributed by atoms with Crippen LogP contribution in [0.4, 0.5) is 0 Å². The van der Waals surface area contributed by atoms with Crippen LogP contribution in [0.2, 0.25) is 0 Å². The summed E-state index contributed by atoms with van der Waals surface area (Å²) in [5.74, 6) is 1.23. The fourth-order valence-electron chi connectivity index (χ4n) is 3.23. The second-order valence-electron chi connectivity index (χ2n) is 6.60. The highest BCUT2D eigenvalue weighted by atomic mass is 35.5. The number of carbonyl (C=O) groups is 1. The number of hydrogen-bond donors (Lipinski definition) is 1. The van der Waals surface area contributed by atoms with E-state index in [4.69, 9.17) is 15.2 Å². The van der Waals surface area contributed by atoms with Gasteiger partial charge in [-0.15, -0.1) is 12.4 Å². The summed E-state index contributed by atoms with van der Waals surface area (Å²) in [6, 6.07) is 13.7. The second kappa shape index (κ2) is 10.1.